The van der Waals surface area contributed by atoms with Gasteiger partial charge in [0.25, 0.3) is 0 Å². The third kappa shape index (κ3) is 2.13. The van der Waals surface area contributed by atoms with E-state index in [1.165, 1.54) is 19.3 Å². The first-order valence-electron chi connectivity index (χ1n) is 6.62. The van der Waals surface area contributed by atoms with E-state index in [0.29, 0.717) is 12.1 Å². The molecule has 0 saturated heterocycles. The van der Waals surface area contributed by atoms with Gasteiger partial charge in [-0.05, 0) is 32.6 Å². The SMILES string of the molecule is CCOC1CC(NCC2(N)CCC2)C1(C)C. The number of ether oxygens (including phenoxy) is 1. The normalized spacial score (nSPS) is 35.2. The van der Waals surface area contributed by atoms with E-state index in [1.54, 1.807) is 0 Å². The summed E-state index contributed by atoms with van der Waals surface area (Å²) in [5, 5.41) is 3.64. The molecule has 2 aliphatic carbocycles. The first-order valence-corrected chi connectivity index (χ1v) is 6.62. The van der Waals surface area contributed by atoms with E-state index in [0.717, 1.165) is 19.6 Å². The maximum Gasteiger partial charge on any atom is 0.0655 e. The van der Waals surface area contributed by atoms with E-state index in [-0.39, 0.29) is 11.0 Å². The summed E-state index contributed by atoms with van der Waals surface area (Å²) in [5.74, 6) is 0. The molecule has 0 radical (unpaired) electrons. The molecule has 0 heterocycles. The zero-order valence-electron chi connectivity index (χ0n) is 10.9. The summed E-state index contributed by atoms with van der Waals surface area (Å²) in [6, 6.07) is 0.574. The van der Waals surface area contributed by atoms with Crippen molar-refractivity contribution in [2.24, 2.45) is 11.1 Å². The molecule has 0 aromatic carbocycles. The van der Waals surface area contributed by atoms with Crippen molar-refractivity contribution in [2.75, 3.05) is 13.2 Å². The Morgan fingerprint density at radius 3 is 2.50 bits per heavy atom. The molecule has 0 bridgehead atoms. The zero-order valence-corrected chi connectivity index (χ0v) is 10.9. The Morgan fingerprint density at radius 1 is 1.38 bits per heavy atom. The minimum absolute atomic E-state index is 0.0901. The standard InChI is InChI=1S/C13H26N2O/c1-4-16-11-8-10(12(11,2)3)15-9-13(14)6-5-7-13/h10-11,15H,4-9,14H2,1-3H3. The van der Waals surface area contributed by atoms with Crippen molar-refractivity contribution in [1.29, 1.82) is 0 Å². The van der Waals surface area contributed by atoms with Gasteiger partial charge in [-0.25, -0.2) is 0 Å². The number of hydrogen-bond acceptors (Lipinski definition) is 3. The monoisotopic (exact) mass is 226 g/mol. The highest BCUT2D eigenvalue weighted by atomic mass is 16.5. The summed E-state index contributed by atoms with van der Waals surface area (Å²) in [4.78, 5) is 0. The van der Waals surface area contributed by atoms with Gasteiger partial charge in [0.05, 0.1) is 6.10 Å². The van der Waals surface area contributed by atoms with Crippen molar-refractivity contribution in [1.82, 2.24) is 5.32 Å². The molecule has 0 aromatic heterocycles. The molecule has 3 heteroatoms. The van der Waals surface area contributed by atoms with Gasteiger partial charge in [-0.2, -0.15) is 0 Å². The van der Waals surface area contributed by atoms with Gasteiger partial charge in [0.2, 0.25) is 0 Å². The zero-order chi connectivity index (χ0) is 11.8. The lowest BCUT2D eigenvalue weighted by atomic mass is 9.64. The fourth-order valence-corrected chi connectivity index (χ4v) is 2.85. The topological polar surface area (TPSA) is 47.3 Å². The molecular formula is C13H26N2O. The number of rotatable bonds is 5. The van der Waals surface area contributed by atoms with Crippen LogP contribution >= 0.6 is 0 Å². The van der Waals surface area contributed by atoms with Crippen LogP contribution in [0, 0.1) is 5.41 Å². The van der Waals surface area contributed by atoms with Crippen LogP contribution in [0.4, 0.5) is 0 Å². The van der Waals surface area contributed by atoms with E-state index < -0.39 is 0 Å². The molecule has 3 nitrogen and oxygen atoms in total. The van der Waals surface area contributed by atoms with E-state index >= 15 is 0 Å². The molecule has 2 aliphatic rings. The molecule has 94 valence electrons. The fourth-order valence-electron chi connectivity index (χ4n) is 2.85. The quantitative estimate of drug-likeness (QED) is 0.749. The van der Waals surface area contributed by atoms with Gasteiger partial charge in [0, 0.05) is 30.1 Å². The molecule has 2 unspecified atom stereocenters. The summed E-state index contributed by atoms with van der Waals surface area (Å²) >= 11 is 0. The first kappa shape index (κ1) is 12.3. The van der Waals surface area contributed by atoms with Crippen LogP contribution in [0.25, 0.3) is 0 Å². The number of nitrogens with two attached hydrogens (primary N) is 1. The van der Waals surface area contributed by atoms with Crippen LogP contribution in [0.1, 0.15) is 46.5 Å². The summed E-state index contributed by atoms with van der Waals surface area (Å²) in [7, 11) is 0. The second-order valence-corrected chi connectivity index (χ2v) is 6.15. The van der Waals surface area contributed by atoms with Crippen LogP contribution in [0.5, 0.6) is 0 Å². The lowest BCUT2D eigenvalue weighted by Gasteiger charge is -2.53. The van der Waals surface area contributed by atoms with E-state index in [9.17, 15) is 0 Å². The molecule has 0 aliphatic heterocycles. The number of nitrogens with one attached hydrogen (secondary N) is 1. The van der Waals surface area contributed by atoms with Gasteiger partial charge in [0.1, 0.15) is 0 Å². The van der Waals surface area contributed by atoms with Gasteiger partial charge in [-0.15, -0.1) is 0 Å². The van der Waals surface area contributed by atoms with Crippen LogP contribution in [0.3, 0.4) is 0 Å². The van der Waals surface area contributed by atoms with Crippen molar-refractivity contribution in [3.8, 4) is 0 Å². The molecule has 0 amide bonds. The summed E-state index contributed by atoms with van der Waals surface area (Å²) < 4.78 is 5.72. The second kappa shape index (κ2) is 4.28. The van der Waals surface area contributed by atoms with Gasteiger partial charge < -0.3 is 15.8 Å². The second-order valence-electron chi connectivity index (χ2n) is 6.15. The minimum Gasteiger partial charge on any atom is -0.378 e. The molecule has 2 rings (SSSR count). The van der Waals surface area contributed by atoms with Crippen molar-refractivity contribution in [3.05, 3.63) is 0 Å². The maximum absolute atomic E-state index is 6.22. The third-order valence-corrected chi connectivity index (χ3v) is 4.60. The van der Waals surface area contributed by atoms with Gasteiger partial charge in [-0.3, -0.25) is 0 Å². The van der Waals surface area contributed by atoms with Crippen LogP contribution in [0.2, 0.25) is 0 Å². The average Bonchev–Trinajstić information content (AvgIpc) is 2.19. The predicted octanol–water partition coefficient (Wildman–Crippen LogP) is 1.66. The summed E-state index contributed by atoms with van der Waals surface area (Å²) in [6.07, 6.45) is 5.22. The van der Waals surface area contributed by atoms with E-state index in [4.69, 9.17) is 10.5 Å². The molecule has 2 atom stereocenters. The Kier molecular flexibility index (Phi) is 3.30. The molecule has 2 saturated carbocycles. The minimum atomic E-state index is 0.0901. The smallest absolute Gasteiger partial charge is 0.0655 e. The predicted molar refractivity (Wildman–Crippen MR) is 66.4 cm³/mol. The van der Waals surface area contributed by atoms with E-state index in [1.807, 2.05) is 0 Å². The van der Waals surface area contributed by atoms with Crippen LogP contribution in [0.15, 0.2) is 0 Å². The van der Waals surface area contributed by atoms with Crippen molar-refractivity contribution < 1.29 is 4.74 Å². The average molecular weight is 226 g/mol. The lowest BCUT2D eigenvalue weighted by molar-refractivity contribution is -0.115. The molecule has 2 fully saturated rings. The lowest BCUT2D eigenvalue weighted by Crippen LogP contribution is -2.65. The summed E-state index contributed by atoms with van der Waals surface area (Å²) in [5.41, 5.74) is 6.57. The highest BCUT2D eigenvalue weighted by molar-refractivity contribution is 5.05. The fraction of sp³-hybridized carbons (Fsp3) is 1.00. The van der Waals surface area contributed by atoms with Crippen LogP contribution < -0.4 is 11.1 Å². The Bertz CT molecular complexity index is 248. The third-order valence-electron chi connectivity index (χ3n) is 4.60. The largest absolute Gasteiger partial charge is 0.378 e. The first-order chi connectivity index (χ1) is 7.48. The maximum atomic E-state index is 6.22. The highest BCUT2D eigenvalue weighted by Crippen LogP contribution is 2.43. The van der Waals surface area contributed by atoms with Crippen molar-refractivity contribution in [2.45, 2.75) is 64.1 Å². The van der Waals surface area contributed by atoms with Gasteiger partial charge in [-0.1, -0.05) is 13.8 Å². The Hall–Kier alpha value is -0.120. The molecular weight excluding hydrogens is 200 g/mol. The molecule has 0 spiro atoms. The Labute approximate surface area is 99.1 Å². The van der Waals surface area contributed by atoms with Gasteiger partial charge in [0.15, 0.2) is 0 Å². The number of hydrogen-bond donors (Lipinski definition) is 2. The summed E-state index contributed by atoms with van der Waals surface area (Å²) in [6.45, 7) is 8.44. The van der Waals surface area contributed by atoms with Crippen molar-refractivity contribution in [3.63, 3.8) is 0 Å². The Morgan fingerprint density at radius 2 is 2.06 bits per heavy atom. The van der Waals surface area contributed by atoms with Gasteiger partial charge >= 0.3 is 0 Å². The Balaban J connectivity index is 1.75. The highest BCUT2D eigenvalue weighted by Gasteiger charge is 2.49. The van der Waals surface area contributed by atoms with Crippen LogP contribution in [-0.4, -0.2) is 30.8 Å². The molecule has 3 N–H and O–H groups in total. The van der Waals surface area contributed by atoms with Crippen LogP contribution in [-0.2, 0) is 4.74 Å². The molecule has 0 aromatic rings. The molecule has 16 heavy (non-hydrogen) atoms. The van der Waals surface area contributed by atoms with E-state index in [2.05, 4.69) is 26.1 Å². The van der Waals surface area contributed by atoms with Crippen molar-refractivity contribution >= 4 is 0 Å².